The van der Waals surface area contributed by atoms with E-state index in [4.69, 9.17) is 5.73 Å². The van der Waals surface area contributed by atoms with Crippen LogP contribution in [0.4, 0.5) is 5.82 Å². The summed E-state index contributed by atoms with van der Waals surface area (Å²) in [4.78, 5) is 19.8. The SMILES string of the molecule is CC1(C)C(NC(=O)c2cncc(N)n2)C1(C)C. The van der Waals surface area contributed by atoms with Gasteiger partial charge in [-0.1, -0.05) is 27.7 Å². The van der Waals surface area contributed by atoms with E-state index in [1.165, 1.54) is 12.4 Å². The fourth-order valence-electron chi connectivity index (χ4n) is 2.25. The van der Waals surface area contributed by atoms with Crippen LogP contribution in [0, 0.1) is 10.8 Å². The average Bonchev–Trinajstić information content (AvgIpc) is 2.61. The van der Waals surface area contributed by atoms with Crippen molar-refractivity contribution in [2.24, 2.45) is 10.8 Å². The predicted molar refractivity (Wildman–Crippen MR) is 65.3 cm³/mol. The lowest BCUT2D eigenvalue weighted by Crippen LogP contribution is -2.30. The average molecular weight is 234 g/mol. The molecule has 1 aromatic heterocycles. The minimum absolute atomic E-state index is 0.108. The number of nitrogen functional groups attached to an aromatic ring is 1. The summed E-state index contributed by atoms with van der Waals surface area (Å²) in [6.07, 6.45) is 2.84. The summed E-state index contributed by atoms with van der Waals surface area (Å²) < 4.78 is 0. The molecule has 1 aliphatic carbocycles. The molecule has 2 rings (SSSR count). The van der Waals surface area contributed by atoms with Crippen LogP contribution in [0.2, 0.25) is 0 Å². The highest BCUT2D eigenvalue weighted by atomic mass is 16.2. The number of carbonyl (C=O) groups excluding carboxylic acids is 1. The zero-order valence-electron chi connectivity index (χ0n) is 10.6. The lowest BCUT2D eigenvalue weighted by molar-refractivity contribution is 0.0938. The lowest BCUT2D eigenvalue weighted by Gasteiger charge is -2.06. The van der Waals surface area contributed by atoms with Gasteiger partial charge in [-0.25, -0.2) is 4.98 Å². The Bertz CT molecular complexity index is 453. The van der Waals surface area contributed by atoms with Gasteiger partial charge in [0, 0.05) is 6.04 Å². The molecule has 5 nitrogen and oxygen atoms in total. The van der Waals surface area contributed by atoms with Gasteiger partial charge in [-0.2, -0.15) is 0 Å². The molecule has 1 fully saturated rings. The Balaban J connectivity index is 2.10. The molecule has 3 N–H and O–H groups in total. The number of nitrogens with zero attached hydrogens (tertiary/aromatic N) is 2. The van der Waals surface area contributed by atoms with Crippen LogP contribution < -0.4 is 11.1 Å². The molecule has 1 amide bonds. The zero-order chi connectivity index (χ0) is 12.8. The van der Waals surface area contributed by atoms with Gasteiger partial charge in [-0.3, -0.25) is 9.78 Å². The number of aromatic nitrogens is 2. The first kappa shape index (κ1) is 11.8. The van der Waals surface area contributed by atoms with E-state index in [1.807, 2.05) is 0 Å². The number of hydrogen-bond donors (Lipinski definition) is 2. The summed E-state index contributed by atoms with van der Waals surface area (Å²) in [5.74, 6) is 0.0421. The first-order valence-electron chi connectivity index (χ1n) is 5.65. The standard InChI is InChI=1S/C12H18N4O/c1-11(2)10(12(11,3)4)16-9(17)7-5-14-6-8(13)15-7/h5-6,10H,1-4H3,(H2,13,15)(H,16,17). The van der Waals surface area contributed by atoms with Crippen LogP contribution in [0.5, 0.6) is 0 Å². The summed E-state index contributed by atoms with van der Waals surface area (Å²) in [6, 6.07) is 0.158. The van der Waals surface area contributed by atoms with E-state index < -0.39 is 0 Å². The third-order valence-electron chi connectivity index (χ3n) is 4.18. The van der Waals surface area contributed by atoms with Crippen molar-refractivity contribution in [1.82, 2.24) is 15.3 Å². The predicted octanol–water partition coefficient (Wildman–Crippen LogP) is 1.22. The van der Waals surface area contributed by atoms with Crippen molar-refractivity contribution in [2.45, 2.75) is 33.7 Å². The second-order valence-electron chi connectivity index (χ2n) is 5.68. The largest absolute Gasteiger partial charge is 0.382 e. The fourth-order valence-corrected chi connectivity index (χ4v) is 2.25. The minimum Gasteiger partial charge on any atom is -0.382 e. The van der Waals surface area contributed by atoms with Crippen molar-refractivity contribution in [3.8, 4) is 0 Å². The van der Waals surface area contributed by atoms with Crippen LogP contribution in [0.1, 0.15) is 38.2 Å². The molecule has 0 radical (unpaired) electrons. The molecule has 0 saturated heterocycles. The second-order valence-corrected chi connectivity index (χ2v) is 5.68. The minimum atomic E-state index is -0.214. The molecule has 0 unspecified atom stereocenters. The van der Waals surface area contributed by atoms with Crippen molar-refractivity contribution >= 4 is 11.7 Å². The molecular weight excluding hydrogens is 216 g/mol. The Kier molecular flexibility index (Phi) is 2.38. The smallest absolute Gasteiger partial charge is 0.271 e. The van der Waals surface area contributed by atoms with Crippen LogP contribution in [0.15, 0.2) is 12.4 Å². The van der Waals surface area contributed by atoms with Crippen LogP contribution in [0.25, 0.3) is 0 Å². The molecule has 0 aromatic carbocycles. The molecule has 1 saturated carbocycles. The van der Waals surface area contributed by atoms with Gasteiger partial charge in [0.15, 0.2) is 0 Å². The van der Waals surface area contributed by atoms with Crippen molar-refractivity contribution in [2.75, 3.05) is 5.73 Å². The summed E-state index contributed by atoms with van der Waals surface area (Å²) in [5, 5.41) is 2.98. The van der Waals surface area contributed by atoms with Gasteiger partial charge >= 0.3 is 0 Å². The number of amides is 1. The molecule has 92 valence electrons. The highest BCUT2D eigenvalue weighted by Crippen LogP contribution is 2.62. The number of anilines is 1. The van der Waals surface area contributed by atoms with E-state index >= 15 is 0 Å². The maximum atomic E-state index is 12.0. The van der Waals surface area contributed by atoms with Crippen LogP contribution in [-0.4, -0.2) is 21.9 Å². The quantitative estimate of drug-likeness (QED) is 0.806. The van der Waals surface area contributed by atoms with Crippen LogP contribution in [0.3, 0.4) is 0 Å². The molecule has 1 aromatic rings. The Hall–Kier alpha value is -1.65. The summed E-state index contributed by atoms with van der Waals surface area (Å²) in [5.41, 5.74) is 5.98. The van der Waals surface area contributed by atoms with E-state index in [2.05, 4.69) is 43.0 Å². The summed E-state index contributed by atoms with van der Waals surface area (Å²) >= 11 is 0. The Morgan fingerprint density at radius 2 is 1.88 bits per heavy atom. The number of nitrogens with one attached hydrogen (secondary N) is 1. The van der Waals surface area contributed by atoms with Gasteiger partial charge in [0.25, 0.3) is 5.91 Å². The van der Waals surface area contributed by atoms with Gasteiger partial charge in [-0.15, -0.1) is 0 Å². The number of nitrogens with two attached hydrogens (primary N) is 1. The molecule has 5 heteroatoms. The Morgan fingerprint density at radius 3 is 2.35 bits per heavy atom. The van der Waals surface area contributed by atoms with Crippen molar-refractivity contribution in [3.63, 3.8) is 0 Å². The Labute approximate surface area is 101 Å². The maximum Gasteiger partial charge on any atom is 0.271 e. The third kappa shape index (κ3) is 1.75. The number of hydrogen-bond acceptors (Lipinski definition) is 4. The number of carbonyl (C=O) groups is 1. The Morgan fingerprint density at radius 1 is 1.29 bits per heavy atom. The van der Waals surface area contributed by atoms with Crippen molar-refractivity contribution in [3.05, 3.63) is 18.1 Å². The van der Waals surface area contributed by atoms with E-state index in [0.29, 0.717) is 0 Å². The second kappa shape index (κ2) is 3.42. The lowest BCUT2D eigenvalue weighted by atomic mass is 10.0. The monoisotopic (exact) mass is 234 g/mol. The molecular formula is C12H18N4O. The first-order chi connectivity index (χ1) is 7.76. The molecule has 0 spiro atoms. The third-order valence-corrected chi connectivity index (χ3v) is 4.18. The highest BCUT2D eigenvalue weighted by Gasteiger charge is 2.65. The molecule has 0 atom stereocenters. The summed E-state index contributed by atoms with van der Waals surface area (Å²) in [6.45, 7) is 8.57. The van der Waals surface area contributed by atoms with E-state index in [1.54, 1.807) is 0 Å². The fraction of sp³-hybridized carbons (Fsp3) is 0.583. The van der Waals surface area contributed by atoms with Crippen molar-refractivity contribution in [1.29, 1.82) is 0 Å². The molecule has 17 heavy (non-hydrogen) atoms. The van der Waals surface area contributed by atoms with Crippen molar-refractivity contribution < 1.29 is 4.79 Å². The van der Waals surface area contributed by atoms with Crippen LogP contribution in [-0.2, 0) is 0 Å². The van der Waals surface area contributed by atoms with E-state index in [-0.39, 0.29) is 34.3 Å². The first-order valence-corrected chi connectivity index (χ1v) is 5.65. The van der Waals surface area contributed by atoms with Gasteiger partial charge in [0.05, 0.1) is 12.4 Å². The van der Waals surface area contributed by atoms with Gasteiger partial charge < -0.3 is 11.1 Å². The molecule has 1 heterocycles. The topological polar surface area (TPSA) is 80.9 Å². The van der Waals surface area contributed by atoms with Gasteiger partial charge in [-0.05, 0) is 10.8 Å². The highest BCUT2D eigenvalue weighted by molar-refractivity contribution is 5.92. The molecule has 1 aliphatic rings. The van der Waals surface area contributed by atoms with Gasteiger partial charge in [0.2, 0.25) is 0 Å². The normalized spacial score (nSPS) is 20.9. The van der Waals surface area contributed by atoms with E-state index in [9.17, 15) is 4.79 Å². The molecule has 0 aliphatic heterocycles. The number of rotatable bonds is 2. The van der Waals surface area contributed by atoms with Gasteiger partial charge in [0.1, 0.15) is 11.5 Å². The molecule has 0 bridgehead atoms. The summed E-state index contributed by atoms with van der Waals surface area (Å²) in [7, 11) is 0. The van der Waals surface area contributed by atoms with Crippen LogP contribution >= 0.6 is 0 Å². The maximum absolute atomic E-state index is 12.0. The van der Waals surface area contributed by atoms with E-state index in [0.717, 1.165) is 0 Å². The zero-order valence-corrected chi connectivity index (χ0v) is 10.6.